The first-order chi connectivity index (χ1) is 24.7. The summed E-state index contributed by atoms with van der Waals surface area (Å²) in [7, 11) is 0. The maximum atomic E-state index is 10.6. The van der Waals surface area contributed by atoms with Crippen molar-refractivity contribution in [2.24, 2.45) is 0 Å². The molecule has 5 heteroatoms. The minimum atomic E-state index is 0.479. The van der Waals surface area contributed by atoms with Crippen molar-refractivity contribution in [3.63, 3.8) is 0 Å². The number of nitriles is 3. The molecular weight excluding hydrogens is 611 g/mol. The largest absolute Gasteiger partial charge is 0.309 e. The van der Waals surface area contributed by atoms with Crippen LogP contribution in [0, 0.1) is 34.0 Å². The number of nitrogens with zero attached hydrogens (tertiary/aromatic N) is 5. The van der Waals surface area contributed by atoms with E-state index >= 15 is 0 Å². The van der Waals surface area contributed by atoms with Gasteiger partial charge in [0.2, 0.25) is 0 Å². The highest BCUT2D eigenvalue weighted by Gasteiger charge is 2.23. The summed E-state index contributed by atoms with van der Waals surface area (Å²) in [5, 5.41) is 35.1. The summed E-state index contributed by atoms with van der Waals surface area (Å²) in [5.41, 5.74) is 10.6. The molecule has 0 fully saturated rings. The maximum Gasteiger partial charge on any atom is 0.101 e. The SMILES string of the molecule is N#Cc1ccc2c(c1)c1ccccc1n2-c1c(C#N)cccc1-c1c(C#N)cccc1-c1cccc(-n2c3ccccc3c3ccccc32)c1. The molecule has 0 saturated heterocycles. The van der Waals surface area contributed by atoms with Gasteiger partial charge in [0.25, 0.3) is 0 Å². The Morgan fingerprint density at radius 1 is 0.400 bits per heavy atom. The fourth-order valence-corrected chi connectivity index (χ4v) is 7.55. The summed E-state index contributed by atoms with van der Waals surface area (Å²) in [6.07, 6.45) is 0. The van der Waals surface area contributed by atoms with Gasteiger partial charge in [0.15, 0.2) is 0 Å². The van der Waals surface area contributed by atoms with E-state index in [1.807, 2.05) is 66.7 Å². The summed E-state index contributed by atoms with van der Waals surface area (Å²) < 4.78 is 4.39. The van der Waals surface area contributed by atoms with Gasteiger partial charge in [-0.1, -0.05) is 91.0 Å². The lowest BCUT2D eigenvalue weighted by Crippen LogP contribution is -2.03. The highest BCUT2D eigenvalue weighted by Crippen LogP contribution is 2.43. The lowest BCUT2D eigenvalue weighted by Gasteiger charge is -2.19. The van der Waals surface area contributed by atoms with Gasteiger partial charge < -0.3 is 9.13 Å². The fraction of sp³-hybridized carbons (Fsp3) is 0. The van der Waals surface area contributed by atoms with E-state index in [2.05, 4.69) is 106 Å². The number of hydrogen-bond acceptors (Lipinski definition) is 3. The summed E-state index contributed by atoms with van der Waals surface area (Å²) in [4.78, 5) is 0. The smallest absolute Gasteiger partial charge is 0.101 e. The lowest BCUT2D eigenvalue weighted by molar-refractivity contribution is 1.17. The molecule has 7 aromatic carbocycles. The van der Waals surface area contributed by atoms with Crippen molar-refractivity contribution < 1.29 is 0 Å². The van der Waals surface area contributed by atoms with Gasteiger partial charge in [-0.05, 0) is 71.8 Å². The van der Waals surface area contributed by atoms with Gasteiger partial charge in [-0.2, -0.15) is 15.8 Å². The maximum absolute atomic E-state index is 10.6. The third-order valence-corrected chi connectivity index (χ3v) is 9.63. The zero-order valence-corrected chi connectivity index (χ0v) is 26.7. The van der Waals surface area contributed by atoms with E-state index in [4.69, 9.17) is 0 Å². The molecule has 2 aromatic heterocycles. The number of hydrogen-bond donors (Lipinski definition) is 0. The average molecular weight is 636 g/mol. The average Bonchev–Trinajstić information content (AvgIpc) is 3.69. The van der Waals surface area contributed by atoms with E-state index in [0.29, 0.717) is 22.4 Å². The van der Waals surface area contributed by atoms with E-state index in [1.165, 1.54) is 10.8 Å². The highest BCUT2D eigenvalue weighted by atomic mass is 15.0. The van der Waals surface area contributed by atoms with Crippen LogP contribution < -0.4 is 0 Å². The first-order valence-electron chi connectivity index (χ1n) is 16.3. The van der Waals surface area contributed by atoms with Crippen LogP contribution in [0.15, 0.2) is 152 Å². The van der Waals surface area contributed by atoms with Crippen molar-refractivity contribution in [1.82, 2.24) is 9.13 Å². The summed E-state index contributed by atoms with van der Waals surface area (Å²) >= 11 is 0. The zero-order valence-electron chi connectivity index (χ0n) is 26.7. The second kappa shape index (κ2) is 11.4. The van der Waals surface area contributed by atoms with Crippen LogP contribution in [0.5, 0.6) is 0 Å². The van der Waals surface area contributed by atoms with Crippen molar-refractivity contribution in [1.29, 1.82) is 15.8 Å². The van der Waals surface area contributed by atoms with Crippen molar-refractivity contribution in [2.75, 3.05) is 0 Å². The molecule has 0 aliphatic rings. The Bertz CT molecular complexity index is 2920. The second-order valence-corrected chi connectivity index (χ2v) is 12.3. The van der Waals surface area contributed by atoms with E-state index in [9.17, 15) is 15.8 Å². The molecule has 0 aliphatic heterocycles. The molecule has 0 amide bonds. The molecule has 0 aliphatic carbocycles. The van der Waals surface area contributed by atoms with Gasteiger partial charge >= 0.3 is 0 Å². The summed E-state index contributed by atoms with van der Waals surface area (Å²) in [6, 6.07) is 57.7. The summed E-state index contributed by atoms with van der Waals surface area (Å²) in [6.45, 7) is 0. The van der Waals surface area contributed by atoms with Gasteiger partial charge in [0.1, 0.15) is 6.07 Å². The Labute approximate surface area is 287 Å². The van der Waals surface area contributed by atoms with Crippen LogP contribution in [0.4, 0.5) is 0 Å². The molecule has 0 unspecified atom stereocenters. The van der Waals surface area contributed by atoms with Gasteiger partial charge in [0, 0.05) is 38.4 Å². The Kier molecular flexibility index (Phi) is 6.56. The molecule has 2 heterocycles. The Balaban J connectivity index is 1.33. The molecule has 0 atom stereocenters. The molecule has 0 radical (unpaired) electrons. The van der Waals surface area contributed by atoms with Gasteiger partial charge in [-0.25, -0.2) is 0 Å². The predicted molar refractivity (Wildman–Crippen MR) is 200 cm³/mol. The van der Waals surface area contributed by atoms with Crippen molar-refractivity contribution >= 4 is 43.6 Å². The molecule has 0 N–H and O–H groups in total. The van der Waals surface area contributed by atoms with Crippen molar-refractivity contribution in [3.05, 3.63) is 168 Å². The molecule has 0 bridgehead atoms. The van der Waals surface area contributed by atoms with Crippen molar-refractivity contribution in [3.8, 4) is 51.8 Å². The van der Waals surface area contributed by atoms with Crippen LogP contribution in [0.2, 0.25) is 0 Å². The molecule has 0 saturated carbocycles. The Morgan fingerprint density at radius 2 is 0.960 bits per heavy atom. The first-order valence-corrected chi connectivity index (χ1v) is 16.3. The highest BCUT2D eigenvalue weighted by molar-refractivity contribution is 6.11. The zero-order chi connectivity index (χ0) is 33.8. The first kappa shape index (κ1) is 28.8. The van der Waals surface area contributed by atoms with Crippen LogP contribution in [0.3, 0.4) is 0 Å². The molecule has 5 nitrogen and oxygen atoms in total. The van der Waals surface area contributed by atoms with Gasteiger partial charge in [-0.3, -0.25) is 0 Å². The lowest BCUT2D eigenvalue weighted by atomic mass is 9.88. The Morgan fingerprint density at radius 3 is 1.62 bits per heavy atom. The van der Waals surface area contributed by atoms with Gasteiger partial charge in [0.05, 0.1) is 56.6 Å². The van der Waals surface area contributed by atoms with Crippen LogP contribution in [0.25, 0.3) is 77.2 Å². The molecule has 9 aromatic rings. The van der Waals surface area contributed by atoms with Crippen molar-refractivity contribution in [2.45, 2.75) is 0 Å². The summed E-state index contributed by atoms with van der Waals surface area (Å²) in [5.74, 6) is 0. The minimum Gasteiger partial charge on any atom is -0.309 e. The normalized spacial score (nSPS) is 11.1. The number of para-hydroxylation sites is 4. The van der Waals surface area contributed by atoms with Crippen LogP contribution in [-0.2, 0) is 0 Å². The molecule has 9 rings (SSSR count). The van der Waals surface area contributed by atoms with E-state index in [0.717, 1.165) is 60.8 Å². The molecular formula is C45H25N5. The number of rotatable bonds is 4. The third-order valence-electron chi connectivity index (χ3n) is 9.63. The number of benzene rings is 7. The molecule has 230 valence electrons. The van der Waals surface area contributed by atoms with E-state index < -0.39 is 0 Å². The topological polar surface area (TPSA) is 81.2 Å². The molecule has 50 heavy (non-hydrogen) atoms. The Hall–Kier alpha value is -7.39. The predicted octanol–water partition coefficient (Wildman–Crippen LogP) is 10.8. The van der Waals surface area contributed by atoms with E-state index in [-0.39, 0.29) is 0 Å². The fourth-order valence-electron chi connectivity index (χ4n) is 7.55. The standard InChI is InChI=1S/C45H25N5/c46-26-29-22-23-43-39(24-29)37-16-3-6-21-42(37)50(43)45-32(28-48)12-9-18-38(45)44-31(27-47)11-8-17-34(44)30-10-7-13-33(25-30)49-40-19-4-1-14-35(40)36-15-2-5-20-41(36)49/h1-25H. The van der Waals surface area contributed by atoms with Gasteiger partial charge in [-0.15, -0.1) is 0 Å². The van der Waals surface area contributed by atoms with E-state index in [1.54, 1.807) is 6.07 Å². The molecule has 0 spiro atoms. The van der Waals surface area contributed by atoms with Crippen LogP contribution in [-0.4, -0.2) is 9.13 Å². The minimum absolute atomic E-state index is 0.479. The number of fused-ring (bicyclic) bond motifs is 6. The third kappa shape index (κ3) is 4.24. The monoisotopic (exact) mass is 635 g/mol. The van der Waals surface area contributed by atoms with Crippen LogP contribution in [0.1, 0.15) is 16.7 Å². The second-order valence-electron chi connectivity index (χ2n) is 12.3. The number of aromatic nitrogens is 2. The van der Waals surface area contributed by atoms with Crippen LogP contribution >= 0.6 is 0 Å². The quantitative estimate of drug-likeness (QED) is 0.193.